The molecule has 0 spiro atoms. The monoisotopic (exact) mass is 231 g/mol. The average molecular weight is 231 g/mol. The van der Waals surface area contributed by atoms with Gasteiger partial charge in [0.15, 0.2) is 0 Å². The van der Waals surface area contributed by atoms with Gasteiger partial charge in [-0.1, -0.05) is 13.8 Å². The first-order valence-corrected chi connectivity index (χ1v) is 4.97. The summed E-state index contributed by atoms with van der Waals surface area (Å²) >= 11 is 0. The largest absolute Gasteiger partial charge is 0.481 e. The van der Waals surface area contributed by atoms with Gasteiger partial charge < -0.3 is 15.2 Å². The molecular weight excluding hydrogens is 214 g/mol. The molecule has 0 aromatic rings. The van der Waals surface area contributed by atoms with Crippen molar-refractivity contribution in [3.8, 4) is 0 Å². The molecule has 0 bridgehead atoms. The Hall–Kier alpha value is -1.59. The number of nitrogens with one attached hydrogen (secondary N) is 1. The van der Waals surface area contributed by atoms with Crippen LogP contribution in [0.5, 0.6) is 0 Å². The lowest BCUT2D eigenvalue weighted by molar-refractivity contribution is -0.146. The van der Waals surface area contributed by atoms with Gasteiger partial charge in [0.25, 0.3) is 0 Å². The molecule has 92 valence electrons. The van der Waals surface area contributed by atoms with E-state index in [0.717, 1.165) is 0 Å². The minimum atomic E-state index is -1.02. The maximum Gasteiger partial charge on any atom is 0.307 e. The number of carbonyl (C=O) groups excluding carboxylic acids is 2. The second-order valence-corrected chi connectivity index (χ2v) is 3.53. The molecule has 6 heteroatoms. The van der Waals surface area contributed by atoms with Crippen molar-refractivity contribution in [3.05, 3.63) is 0 Å². The van der Waals surface area contributed by atoms with E-state index >= 15 is 0 Å². The van der Waals surface area contributed by atoms with Crippen LogP contribution in [0, 0.1) is 11.8 Å². The van der Waals surface area contributed by atoms with Crippen LogP contribution in [0.15, 0.2) is 0 Å². The maximum absolute atomic E-state index is 11.4. The highest BCUT2D eigenvalue weighted by Gasteiger charge is 2.25. The smallest absolute Gasteiger partial charge is 0.307 e. The van der Waals surface area contributed by atoms with Crippen molar-refractivity contribution < 1.29 is 24.2 Å². The molecule has 0 aliphatic carbocycles. The van der Waals surface area contributed by atoms with Crippen LogP contribution in [0.25, 0.3) is 0 Å². The van der Waals surface area contributed by atoms with Crippen molar-refractivity contribution in [2.24, 2.45) is 11.8 Å². The molecular formula is C10H17NO5. The Morgan fingerprint density at radius 2 is 1.81 bits per heavy atom. The van der Waals surface area contributed by atoms with Crippen molar-refractivity contribution in [1.82, 2.24) is 5.32 Å². The molecule has 6 nitrogen and oxygen atoms in total. The van der Waals surface area contributed by atoms with Crippen LogP contribution in [-0.2, 0) is 19.1 Å². The number of methoxy groups -OCH3 is 1. The van der Waals surface area contributed by atoms with Gasteiger partial charge in [0.2, 0.25) is 5.91 Å². The van der Waals surface area contributed by atoms with Crippen LogP contribution < -0.4 is 5.32 Å². The molecule has 1 amide bonds. The number of aliphatic carboxylic acids is 1. The zero-order chi connectivity index (χ0) is 12.7. The molecule has 0 saturated heterocycles. The SMILES string of the molecule is COC(=O)CCNC(=O)C(C)C(C)C(=O)O. The summed E-state index contributed by atoms with van der Waals surface area (Å²) in [7, 11) is 1.26. The molecule has 0 fully saturated rings. The summed E-state index contributed by atoms with van der Waals surface area (Å²) < 4.78 is 4.39. The van der Waals surface area contributed by atoms with Crippen molar-refractivity contribution in [1.29, 1.82) is 0 Å². The highest BCUT2D eigenvalue weighted by molar-refractivity contribution is 5.84. The maximum atomic E-state index is 11.4. The number of hydrogen-bond donors (Lipinski definition) is 2. The standard InChI is InChI=1S/C10H17NO5/c1-6(7(2)10(14)15)9(13)11-5-4-8(12)16-3/h6-7H,4-5H2,1-3H3,(H,11,13)(H,14,15). The third-order valence-corrected chi connectivity index (χ3v) is 2.41. The normalized spacial score (nSPS) is 13.7. The third kappa shape index (κ3) is 4.77. The lowest BCUT2D eigenvalue weighted by Gasteiger charge is -2.15. The zero-order valence-corrected chi connectivity index (χ0v) is 9.65. The zero-order valence-electron chi connectivity index (χ0n) is 9.65. The molecule has 2 atom stereocenters. The predicted octanol–water partition coefficient (Wildman–Crippen LogP) is 0.0225. The summed E-state index contributed by atoms with van der Waals surface area (Å²) in [6.45, 7) is 3.15. The summed E-state index contributed by atoms with van der Waals surface area (Å²) in [6, 6.07) is 0. The van der Waals surface area contributed by atoms with Crippen LogP contribution in [0.2, 0.25) is 0 Å². The lowest BCUT2D eigenvalue weighted by Crippen LogP contribution is -2.36. The summed E-state index contributed by atoms with van der Waals surface area (Å²) in [5, 5.41) is 11.2. The van der Waals surface area contributed by atoms with Crippen molar-refractivity contribution in [2.45, 2.75) is 20.3 Å². The Balaban J connectivity index is 3.97. The number of ether oxygens (including phenoxy) is 1. The van der Waals surface area contributed by atoms with Gasteiger partial charge in [-0.2, -0.15) is 0 Å². The van der Waals surface area contributed by atoms with Crippen molar-refractivity contribution in [2.75, 3.05) is 13.7 Å². The van der Waals surface area contributed by atoms with Crippen LogP contribution in [0.1, 0.15) is 20.3 Å². The number of amides is 1. The minimum absolute atomic E-state index is 0.0798. The minimum Gasteiger partial charge on any atom is -0.481 e. The number of carboxylic acid groups (broad SMARTS) is 1. The van der Waals surface area contributed by atoms with Crippen LogP contribution >= 0.6 is 0 Å². The van der Waals surface area contributed by atoms with Gasteiger partial charge in [0.1, 0.15) is 0 Å². The Bertz CT molecular complexity index is 276. The van der Waals surface area contributed by atoms with Gasteiger partial charge in [0.05, 0.1) is 19.4 Å². The molecule has 0 aliphatic rings. The van der Waals surface area contributed by atoms with Crippen LogP contribution in [0.3, 0.4) is 0 Å². The van der Waals surface area contributed by atoms with E-state index < -0.39 is 23.8 Å². The molecule has 0 radical (unpaired) electrons. The van der Waals surface area contributed by atoms with E-state index in [-0.39, 0.29) is 18.9 Å². The molecule has 0 saturated carbocycles. The predicted molar refractivity (Wildman–Crippen MR) is 55.6 cm³/mol. The third-order valence-electron chi connectivity index (χ3n) is 2.41. The molecule has 2 unspecified atom stereocenters. The Kier molecular flexibility index (Phi) is 6.14. The number of hydrogen-bond acceptors (Lipinski definition) is 4. The number of esters is 1. The average Bonchev–Trinajstić information content (AvgIpc) is 2.26. The Morgan fingerprint density at radius 3 is 2.25 bits per heavy atom. The molecule has 0 aromatic heterocycles. The first kappa shape index (κ1) is 14.4. The summed E-state index contributed by atoms with van der Waals surface area (Å²) in [4.78, 5) is 32.8. The van der Waals surface area contributed by atoms with Gasteiger partial charge in [-0.05, 0) is 0 Å². The molecule has 0 aliphatic heterocycles. The van der Waals surface area contributed by atoms with E-state index in [1.807, 2.05) is 0 Å². The van der Waals surface area contributed by atoms with Crippen LogP contribution in [-0.4, -0.2) is 36.6 Å². The van der Waals surface area contributed by atoms with E-state index in [9.17, 15) is 14.4 Å². The molecule has 16 heavy (non-hydrogen) atoms. The first-order valence-electron chi connectivity index (χ1n) is 4.97. The molecule has 0 heterocycles. The van der Waals surface area contributed by atoms with Gasteiger partial charge in [-0.25, -0.2) is 0 Å². The van der Waals surface area contributed by atoms with Crippen molar-refractivity contribution >= 4 is 17.8 Å². The van der Waals surface area contributed by atoms with Crippen LogP contribution in [0.4, 0.5) is 0 Å². The van der Waals surface area contributed by atoms with Crippen molar-refractivity contribution in [3.63, 3.8) is 0 Å². The van der Waals surface area contributed by atoms with E-state index in [2.05, 4.69) is 10.1 Å². The summed E-state index contributed by atoms with van der Waals surface area (Å²) in [5.41, 5.74) is 0. The van der Waals surface area contributed by atoms with E-state index in [1.54, 1.807) is 0 Å². The highest BCUT2D eigenvalue weighted by atomic mass is 16.5. The number of rotatable bonds is 6. The first-order chi connectivity index (χ1) is 7.40. The number of carbonyl (C=O) groups is 3. The topological polar surface area (TPSA) is 92.7 Å². The summed E-state index contributed by atoms with van der Waals surface area (Å²) in [6.07, 6.45) is 0.0798. The van der Waals surface area contributed by atoms with E-state index in [1.165, 1.54) is 21.0 Å². The van der Waals surface area contributed by atoms with Gasteiger partial charge in [0, 0.05) is 12.5 Å². The fourth-order valence-corrected chi connectivity index (χ4v) is 0.992. The van der Waals surface area contributed by atoms with E-state index in [0.29, 0.717) is 0 Å². The fraction of sp³-hybridized carbons (Fsp3) is 0.700. The van der Waals surface area contributed by atoms with Gasteiger partial charge in [-0.15, -0.1) is 0 Å². The second kappa shape index (κ2) is 6.81. The van der Waals surface area contributed by atoms with Gasteiger partial charge >= 0.3 is 11.9 Å². The fourth-order valence-electron chi connectivity index (χ4n) is 0.992. The Morgan fingerprint density at radius 1 is 1.25 bits per heavy atom. The quantitative estimate of drug-likeness (QED) is 0.629. The molecule has 0 aromatic carbocycles. The second-order valence-electron chi connectivity index (χ2n) is 3.53. The highest BCUT2D eigenvalue weighted by Crippen LogP contribution is 2.10. The molecule has 0 rings (SSSR count). The van der Waals surface area contributed by atoms with Gasteiger partial charge in [-0.3, -0.25) is 14.4 Å². The van der Waals surface area contributed by atoms with E-state index in [4.69, 9.17) is 5.11 Å². The lowest BCUT2D eigenvalue weighted by atomic mass is 9.95. The number of carboxylic acids is 1. The summed E-state index contributed by atoms with van der Waals surface area (Å²) in [5.74, 6) is -3.19. The molecule has 2 N–H and O–H groups in total. The Labute approximate surface area is 94.0 Å².